The quantitative estimate of drug-likeness (QED) is 0.319. The standard InChI is InChI=1S/C11H10F3I2NO5S/c1-21-9-7(4-6(15)5-8(9)16)10(18)22-3-2-17-23(19,20)11(12,13)14/h4-5,17H,2-3H2,1H3. The zero-order valence-electron chi connectivity index (χ0n) is 11.4. The molecule has 12 heteroatoms. The first-order valence-electron chi connectivity index (χ1n) is 5.75. The maximum atomic E-state index is 12.1. The highest BCUT2D eigenvalue weighted by atomic mass is 127. The number of methoxy groups -OCH3 is 1. The highest BCUT2D eigenvalue weighted by molar-refractivity contribution is 14.1. The largest absolute Gasteiger partial charge is 0.511 e. The molecule has 0 saturated heterocycles. The number of ether oxygens (including phenoxy) is 2. The number of rotatable bonds is 6. The molecule has 1 N–H and O–H groups in total. The molecular formula is C11H10F3I2NO5S. The van der Waals surface area contributed by atoms with Gasteiger partial charge in [0.05, 0.1) is 10.7 Å². The van der Waals surface area contributed by atoms with Crippen LogP contribution < -0.4 is 9.46 Å². The molecule has 0 radical (unpaired) electrons. The van der Waals surface area contributed by atoms with Crippen molar-refractivity contribution in [2.24, 2.45) is 0 Å². The molecule has 0 unspecified atom stereocenters. The van der Waals surface area contributed by atoms with Crippen molar-refractivity contribution in [3.05, 3.63) is 24.8 Å². The van der Waals surface area contributed by atoms with E-state index >= 15 is 0 Å². The summed E-state index contributed by atoms with van der Waals surface area (Å²) in [6.45, 7) is -1.25. The summed E-state index contributed by atoms with van der Waals surface area (Å²) in [6, 6.07) is 3.25. The minimum Gasteiger partial charge on any atom is -0.495 e. The highest BCUT2D eigenvalue weighted by Gasteiger charge is 2.45. The average Bonchev–Trinajstić information content (AvgIpc) is 2.41. The van der Waals surface area contributed by atoms with Crippen molar-refractivity contribution >= 4 is 61.2 Å². The Labute approximate surface area is 157 Å². The number of hydrogen-bond acceptors (Lipinski definition) is 5. The van der Waals surface area contributed by atoms with Gasteiger partial charge in [0.1, 0.15) is 17.9 Å². The van der Waals surface area contributed by atoms with Crippen LogP contribution in [0.3, 0.4) is 0 Å². The molecule has 0 saturated carbocycles. The molecule has 0 aliphatic carbocycles. The molecule has 0 amide bonds. The van der Waals surface area contributed by atoms with E-state index in [9.17, 15) is 26.4 Å². The minimum atomic E-state index is -5.45. The Morgan fingerprint density at radius 2 is 1.91 bits per heavy atom. The van der Waals surface area contributed by atoms with Crippen molar-refractivity contribution in [1.29, 1.82) is 0 Å². The van der Waals surface area contributed by atoms with E-state index in [1.54, 1.807) is 6.07 Å². The third kappa shape index (κ3) is 5.60. The number of nitrogens with one attached hydrogen (secondary N) is 1. The summed E-state index contributed by atoms with van der Waals surface area (Å²) >= 11 is 3.93. The number of carbonyl (C=O) groups excluding carboxylic acids is 1. The number of carbonyl (C=O) groups is 1. The lowest BCUT2D eigenvalue weighted by molar-refractivity contribution is -0.0448. The van der Waals surface area contributed by atoms with Gasteiger partial charge in [0.25, 0.3) is 0 Å². The zero-order valence-corrected chi connectivity index (χ0v) is 16.5. The van der Waals surface area contributed by atoms with Gasteiger partial charge in [0, 0.05) is 10.1 Å². The first-order chi connectivity index (χ1) is 10.5. The lowest BCUT2D eigenvalue weighted by atomic mass is 10.2. The van der Waals surface area contributed by atoms with Gasteiger partial charge >= 0.3 is 21.5 Å². The summed E-state index contributed by atoms with van der Waals surface area (Å²) in [5.74, 6) is -0.559. The van der Waals surface area contributed by atoms with E-state index in [0.29, 0.717) is 3.57 Å². The molecule has 0 aromatic heterocycles. The Hall–Kier alpha value is -0.350. The molecule has 0 aliphatic rings. The lowest BCUT2D eigenvalue weighted by Crippen LogP contribution is -2.38. The maximum absolute atomic E-state index is 12.1. The Bertz CT molecular complexity index is 694. The second kappa shape index (κ2) is 8.15. The van der Waals surface area contributed by atoms with Crippen LogP contribution in [0.4, 0.5) is 13.2 Å². The van der Waals surface area contributed by atoms with E-state index in [0.717, 1.165) is 3.57 Å². The van der Waals surface area contributed by atoms with Crippen LogP contribution in [0.2, 0.25) is 0 Å². The van der Waals surface area contributed by atoms with Gasteiger partial charge in [0.15, 0.2) is 0 Å². The summed E-state index contributed by atoms with van der Waals surface area (Å²) < 4.78 is 70.3. The first kappa shape index (κ1) is 20.7. The molecule has 6 nitrogen and oxygen atoms in total. The van der Waals surface area contributed by atoms with E-state index in [4.69, 9.17) is 9.47 Å². The van der Waals surface area contributed by atoms with Gasteiger partial charge in [-0.15, -0.1) is 0 Å². The molecule has 1 rings (SSSR count). The second-order valence-electron chi connectivity index (χ2n) is 3.95. The molecule has 130 valence electrons. The fraction of sp³-hybridized carbons (Fsp3) is 0.364. The Kier molecular flexibility index (Phi) is 7.34. The number of halogens is 5. The number of sulfonamides is 1. The molecule has 0 heterocycles. The molecular weight excluding hydrogens is 569 g/mol. The predicted octanol–water partition coefficient (Wildman–Crippen LogP) is 2.50. The third-order valence-corrected chi connectivity index (χ3v) is 4.98. The summed E-state index contributed by atoms with van der Waals surface area (Å²) in [5.41, 5.74) is -5.31. The van der Waals surface area contributed by atoms with Gasteiger partial charge in [-0.05, 0) is 57.3 Å². The summed E-state index contributed by atoms with van der Waals surface area (Å²) in [5, 5.41) is 0. The monoisotopic (exact) mass is 579 g/mol. The van der Waals surface area contributed by atoms with Crippen LogP contribution in [0, 0.1) is 7.14 Å². The summed E-state index contributed by atoms with van der Waals surface area (Å²) in [7, 11) is -4.10. The molecule has 0 spiro atoms. The smallest absolute Gasteiger partial charge is 0.495 e. The van der Waals surface area contributed by atoms with Crippen molar-refractivity contribution in [3.63, 3.8) is 0 Å². The van der Waals surface area contributed by atoms with Gasteiger partial charge in [-0.1, -0.05) is 0 Å². The topological polar surface area (TPSA) is 81.7 Å². The van der Waals surface area contributed by atoms with E-state index in [1.807, 2.05) is 45.2 Å². The minimum absolute atomic E-state index is 0.0995. The van der Waals surface area contributed by atoms with Gasteiger partial charge in [0.2, 0.25) is 0 Å². The van der Waals surface area contributed by atoms with Crippen LogP contribution in [0.25, 0.3) is 0 Å². The highest BCUT2D eigenvalue weighted by Crippen LogP contribution is 2.28. The predicted molar refractivity (Wildman–Crippen MR) is 91.7 cm³/mol. The van der Waals surface area contributed by atoms with Gasteiger partial charge < -0.3 is 9.47 Å². The van der Waals surface area contributed by atoms with Crippen molar-refractivity contribution < 1.29 is 35.9 Å². The van der Waals surface area contributed by atoms with Crippen LogP contribution >= 0.6 is 45.2 Å². The van der Waals surface area contributed by atoms with Gasteiger partial charge in [-0.25, -0.2) is 17.9 Å². The maximum Gasteiger partial charge on any atom is 0.511 e. The van der Waals surface area contributed by atoms with Gasteiger partial charge in [-0.3, -0.25) is 0 Å². The average molecular weight is 579 g/mol. The summed E-state index contributed by atoms with van der Waals surface area (Å²) in [6.07, 6.45) is 0. The Morgan fingerprint density at radius 1 is 1.30 bits per heavy atom. The van der Waals surface area contributed by atoms with E-state index in [1.165, 1.54) is 17.9 Å². The SMILES string of the molecule is COc1c(I)cc(I)cc1C(=O)OCCNS(=O)(=O)C(F)(F)F. The molecule has 0 aliphatic heterocycles. The first-order valence-corrected chi connectivity index (χ1v) is 9.39. The normalized spacial score (nSPS) is 12.1. The number of hydrogen-bond donors (Lipinski definition) is 1. The Morgan fingerprint density at radius 3 is 2.43 bits per heavy atom. The molecule has 0 bridgehead atoms. The van der Waals surface area contributed by atoms with Crippen LogP contribution in [0.5, 0.6) is 5.75 Å². The van der Waals surface area contributed by atoms with Crippen LogP contribution in [-0.4, -0.2) is 40.2 Å². The van der Waals surface area contributed by atoms with Crippen molar-refractivity contribution in [2.45, 2.75) is 5.51 Å². The van der Waals surface area contributed by atoms with E-state index < -0.39 is 34.7 Å². The van der Waals surface area contributed by atoms with Crippen LogP contribution in [0.15, 0.2) is 12.1 Å². The van der Waals surface area contributed by atoms with E-state index in [-0.39, 0.29) is 11.3 Å². The molecule has 1 aromatic rings. The van der Waals surface area contributed by atoms with Crippen LogP contribution in [0.1, 0.15) is 10.4 Å². The third-order valence-electron chi connectivity index (χ3n) is 2.36. The van der Waals surface area contributed by atoms with Crippen molar-refractivity contribution in [1.82, 2.24) is 4.72 Å². The zero-order chi connectivity index (χ0) is 17.8. The second-order valence-corrected chi connectivity index (χ2v) is 8.11. The fourth-order valence-corrected chi connectivity index (χ4v) is 3.98. The van der Waals surface area contributed by atoms with Crippen molar-refractivity contribution in [3.8, 4) is 5.75 Å². The number of esters is 1. The molecule has 23 heavy (non-hydrogen) atoms. The number of alkyl halides is 3. The number of benzene rings is 1. The van der Waals surface area contributed by atoms with Gasteiger partial charge in [-0.2, -0.15) is 13.2 Å². The Balaban J connectivity index is 2.69. The van der Waals surface area contributed by atoms with Crippen LogP contribution in [-0.2, 0) is 14.8 Å². The molecule has 0 atom stereocenters. The van der Waals surface area contributed by atoms with Crippen molar-refractivity contribution in [2.75, 3.05) is 20.3 Å². The lowest BCUT2D eigenvalue weighted by Gasteiger charge is -2.12. The summed E-state index contributed by atoms with van der Waals surface area (Å²) in [4.78, 5) is 11.9. The fourth-order valence-electron chi connectivity index (χ4n) is 1.40. The van der Waals surface area contributed by atoms with E-state index in [2.05, 4.69) is 0 Å². The molecule has 1 aromatic carbocycles. The molecule has 0 fully saturated rings.